The molecule has 1 aromatic carbocycles. The molecule has 22 heavy (non-hydrogen) atoms. The van der Waals surface area contributed by atoms with Gasteiger partial charge >= 0.3 is 5.97 Å². The minimum absolute atomic E-state index is 0.250. The molecular weight excluding hydrogens is 386 g/mol. The summed E-state index contributed by atoms with van der Waals surface area (Å²) < 4.78 is 5.96. The molecule has 0 fully saturated rings. The van der Waals surface area contributed by atoms with E-state index < -0.39 is 5.97 Å². The van der Waals surface area contributed by atoms with Crippen LogP contribution >= 0.6 is 39.0 Å². The molecular formula is C15H14BrNO3S2. The van der Waals surface area contributed by atoms with Gasteiger partial charge in [-0.05, 0) is 35.7 Å². The van der Waals surface area contributed by atoms with Crippen LogP contribution in [0.4, 0.5) is 0 Å². The molecule has 0 bridgehead atoms. The van der Waals surface area contributed by atoms with E-state index in [1.807, 2.05) is 24.3 Å². The Hall–Kier alpha value is -1.31. The molecule has 1 aromatic heterocycles. The summed E-state index contributed by atoms with van der Waals surface area (Å²) in [7, 11) is 0. The second-order valence-corrected chi connectivity index (χ2v) is 7.24. The van der Waals surface area contributed by atoms with Gasteiger partial charge in [0, 0.05) is 21.7 Å². The molecule has 0 aliphatic carbocycles. The Bertz CT molecular complexity index is 614. The van der Waals surface area contributed by atoms with Crippen LogP contribution in [0.25, 0.3) is 0 Å². The van der Waals surface area contributed by atoms with E-state index in [0.29, 0.717) is 11.4 Å². The number of esters is 1. The zero-order chi connectivity index (χ0) is 15.8. The maximum absolute atomic E-state index is 11.6. The number of hydrogen-bond donors (Lipinski definition) is 1. The van der Waals surface area contributed by atoms with Gasteiger partial charge in [-0.2, -0.15) is 0 Å². The quantitative estimate of drug-likeness (QED) is 0.439. The number of rotatable bonds is 7. The number of nitrogens with one attached hydrogen (secondary N) is 1. The van der Waals surface area contributed by atoms with Crippen molar-refractivity contribution in [2.75, 3.05) is 18.9 Å². The first-order chi connectivity index (χ1) is 10.6. The van der Waals surface area contributed by atoms with Crippen molar-refractivity contribution in [1.82, 2.24) is 5.32 Å². The highest BCUT2D eigenvalue weighted by Crippen LogP contribution is 2.19. The molecule has 0 spiro atoms. The second-order valence-electron chi connectivity index (χ2n) is 4.21. The Morgan fingerprint density at radius 2 is 2.00 bits per heavy atom. The molecule has 0 radical (unpaired) electrons. The van der Waals surface area contributed by atoms with Crippen LogP contribution in [0.1, 0.15) is 9.67 Å². The number of benzene rings is 1. The normalized spacial score (nSPS) is 10.2. The number of carbonyl (C=O) groups excluding carboxylic acids is 2. The minimum atomic E-state index is -0.464. The van der Waals surface area contributed by atoms with Gasteiger partial charge in [-0.1, -0.05) is 22.0 Å². The largest absolute Gasteiger partial charge is 0.451 e. The van der Waals surface area contributed by atoms with Gasteiger partial charge in [0.2, 0.25) is 0 Å². The van der Waals surface area contributed by atoms with Crippen molar-refractivity contribution in [2.45, 2.75) is 4.90 Å². The molecule has 116 valence electrons. The first-order valence-corrected chi connectivity index (χ1v) is 9.16. The summed E-state index contributed by atoms with van der Waals surface area (Å²) in [5, 5.41) is 4.51. The number of amides is 1. The van der Waals surface area contributed by atoms with Gasteiger partial charge in [-0.3, -0.25) is 4.79 Å². The number of hydrogen-bond acceptors (Lipinski definition) is 5. The zero-order valence-electron chi connectivity index (χ0n) is 11.6. The van der Waals surface area contributed by atoms with Gasteiger partial charge in [-0.25, -0.2) is 4.79 Å². The lowest BCUT2D eigenvalue weighted by molar-refractivity contribution is -0.124. The first kappa shape index (κ1) is 17.1. The Labute approximate surface area is 145 Å². The number of ether oxygens (including phenoxy) is 1. The molecule has 2 aromatic rings. The monoisotopic (exact) mass is 399 g/mol. The van der Waals surface area contributed by atoms with Crippen LogP contribution in [0, 0.1) is 0 Å². The van der Waals surface area contributed by atoms with E-state index in [1.54, 1.807) is 29.3 Å². The van der Waals surface area contributed by atoms with Gasteiger partial charge in [-0.15, -0.1) is 23.1 Å². The van der Waals surface area contributed by atoms with Crippen LogP contribution in [0.15, 0.2) is 51.1 Å². The van der Waals surface area contributed by atoms with E-state index in [1.165, 1.54) is 11.3 Å². The summed E-state index contributed by atoms with van der Waals surface area (Å²) in [6.07, 6.45) is 0. The predicted molar refractivity (Wildman–Crippen MR) is 92.5 cm³/mol. The maximum atomic E-state index is 11.6. The maximum Gasteiger partial charge on any atom is 0.348 e. The zero-order valence-corrected chi connectivity index (χ0v) is 14.8. The summed E-state index contributed by atoms with van der Waals surface area (Å²) in [5.74, 6) is 0.00221. The topological polar surface area (TPSA) is 55.4 Å². The minimum Gasteiger partial charge on any atom is -0.451 e. The van der Waals surface area contributed by atoms with Crippen LogP contribution in [0.3, 0.4) is 0 Å². The molecule has 0 aliphatic rings. The number of halogens is 1. The van der Waals surface area contributed by atoms with Crippen LogP contribution in [-0.4, -0.2) is 30.8 Å². The van der Waals surface area contributed by atoms with Crippen molar-refractivity contribution in [3.8, 4) is 0 Å². The van der Waals surface area contributed by atoms with Gasteiger partial charge in [0.15, 0.2) is 6.61 Å². The average Bonchev–Trinajstić information content (AvgIpc) is 3.05. The third kappa shape index (κ3) is 5.82. The summed E-state index contributed by atoms with van der Waals surface area (Å²) in [6, 6.07) is 11.4. The molecule has 0 aliphatic heterocycles. The van der Waals surface area contributed by atoms with Crippen LogP contribution in [-0.2, 0) is 9.53 Å². The summed E-state index contributed by atoms with van der Waals surface area (Å²) >= 11 is 6.32. The Morgan fingerprint density at radius 3 is 2.68 bits per heavy atom. The highest BCUT2D eigenvalue weighted by Gasteiger charge is 2.10. The van der Waals surface area contributed by atoms with E-state index in [0.717, 1.165) is 15.1 Å². The van der Waals surface area contributed by atoms with Crippen LogP contribution < -0.4 is 5.32 Å². The number of thiophene rings is 1. The van der Waals surface area contributed by atoms with E-state index in [2.05, 4.69) is 21.2 Å². The summed E-state index contributed by atoms with van der Waals surface area (Å²) in [5.41, 5.74) is 0. The molecule has 1 amide bonds. The molecule has 7 heteroatoms. The van der Waals surface area contributed by atoms with Crippen molar-refractivity contribution in [3.63, 3.8) is 0 Å². The average molecular weight is 400 g/mol. The molecule has 0 saturated heterocycles. The third-order valence-corrected chi connectivity index (χ3v) is 4.96. The third-order valence-electron chi connectivity index (χ3n) is 2.56. The summed E-state index contributed by atoms with van der Waals surface area (Å²) in [4.78, 5) is 24.8. The molecule has 1 heterocycles. The van der Waals surface area contributed by atoms with Crippen LogP contribution in [0.2, 0.25) is 0 Å². The number of thioether (sulfide) groups is 1. The summed E-state index contributed by atoms with van der Waals surface area (Å²) in [6.45, 7) is 0.274. The van der Waals surface area contributed by atoms with Crippen molar-refractivity contribution >= 4 is 50.9 Å². The first-order valence-electron chi connectivity index (χ1n) is 6.51. The molecule has 0 atom stereocenters. The predicted octanol–water partition coefficient (Wildman–Crippen LogP) is 3.58. The van der Waals surface area contributed by atoms with E-state index in [-0.39, 0.29) is 12.5 Å². The van der Waals surface area contributed by atoms with Gasteiger partial charge in [0.1, 0.15) is 4.88 Å². The second kappa shape index (κ2) is 8.97. The number of carbonyl (C=O) groups is 2. The van der Waals surface area contributed by atoms with E-state index in [4.69, 9.17) is 4.74 Å². The van der Waals surface area contributed by atoms with Gasteiger partial charge in [0.05, 0.1) is 0 Å². The fourth-order valence-electron chi connectivity index (χ4n) is 1.54. The van der Waals surface area contributed by atoms with Crippen molar-refractivity contribution < 1.29 is 14.3 Å². The molecule has 2 rings (SSSR count). The SMILES string of the molecule is O=C(COC(=O)c1cccs1)NCCSc1ccc(Br)cc1. The van der Waals surface area contributed by atoms with Crippen molar-refractivity contribution in [2.24, 2.45) is 0 Å². The lowest BCUT2D eigenvalue weighted by Gasteiger charge is -2.06. The lowest BCUT2D eigenvalue weighted by atomic mass is 10.4. The highest BCUT2D eigenvalue weighted by molar-refractivity contribution is 9.10. The van der Waals surface area contributed by atoms with E-state index >= 15 is 0 Å². The Kier molecular flexibility index (Phi) is 6.95. The lowest BCUT2D eigenvalue weighted by Crippen LogP contribution is -2.30. The van der Waals surface area contributed by atoms with E-state index in [9.17, 15) is 9.59 Å². The van der Waals surface area contributed by atoms with Crippen molar-refractivity contribution in [3.05, 3.63) is 51.1 Å². The smallest absolute Gasteiger partial charge is 0.348 e. The molecule has 0 unspecified atom stereocenters. The Balaban J connectivity index is 1.59. The fourth-order valence-corrected chi connectivity index (χ4v) is 3.19. The molecule has 4 nitrogen and oxygen atoms in total. The van der Waals surface area contributed by atoms with Gasteiger partial charge in [0.25, 0.3) is 5.91 Å². The highest BCUT2D eigenvalue weighted by atomic mass is 79.9. The van der Waals surface area contributed by atoms with Gasteiger partial charge < -0.3 is 10.1 Å². The van der Waals surface area contributed by atoms with Crippen molar-refractivity contribution in [1.29, 1.82) is 0 Å². The standard InChI is InChI=1S/C15H14BrNO3S2/c16-11-3-5-12(6-4-11)21-9-7-17-14(18)10-20-15(19)13-2-1-8-22-13/h1-6,8H,7,9-10H2,(H,17,18). The fraction of sp³-hybridized carbons (Fsp3) is 0.200. The molecule has 0 saturated carbocycles. The molecule has 1 N–H and O–H groups in total. The Morgan fingerprint density at radius 1 is 1.23 bits per heavy atom. The van der Waals surface area contributed by atoms with Crippen LogP contribution in [0.5, 0.6) is 0 Å².